The van der Waals surface area contributed by atoms with Gasteiger partial charge in [0.05, 0.1) is 6.42 Å². The van der Waals surface area contributed by atoms with Gasteiger partial charge in [0.2, 0.25) is 5.91 Å². The number of nitrogens with one attached hydrogen (secondary N) is 2. The molecule has 1 atom stereocenters. The molecule has 0 aliphatic carbocycles. The Morgan fingerprint density at radius 3 is 2.21 bits per heavy atom. The number of carbonyl (C=O) groups is 3. The van der Waals surface area contributed by atoms with Gasteiger partial charge in [-0.1, -0.05) is 35.4 Å². The van der Waals surface area contributed by atoms with Crippen LogP contribution in [0, 0.1) is 5.92 Å². The fraction of sp³-hybridized carbons (Fsp3) is 0.800. The lowest BCUT2D eigenvalue weighted by Crippen LogP contribution is -2.51. The molecular weight excluding hydrogens is 352 g/mol. The molecule has 24 heavy (non-hydrogen) atoms. The van der Waals surface area contributed by atoms with E-state index in [1.165, 1.54) is 21.6 Å². The molecular formula is C15H28N2O5S2. The summed E-state index contributed by atoms with van der Waals surface area (Å²) in [7, 11) is 2.97. The molecule has 0 rings (SSSR count). The van der Waals surface area contributed by atoms with Crippen molar-refractivity contribution in [2.24, 2.45) is 5.92 Å². The number of hydrogen-bond acceptors (Lipinski definition) is 6. The summed E-state index contributed by atoms with van der Waals surface area (Å²) in [6.45, 7) is 9.42. The van der Waals surface area contributed by atoms with Gasteiger partial charge in [-0.25, -0.2) is 4.79 Å². The summed E-state index contributed by atoms with van der Waals surface area (Å²) >= 11 is 0. The molecule has 140 valence electrons. The Hall–Kier alpha value is -1.09. The first kappa shape index (κ1) is 22.9. The van der Waals surface area contributed by atoms with Gasteiger partial charge in [0.25, 0.3) is 0 Å². The fourth-order valence-electron chi connectivity index (χ4n) is 1.54. The molecule has 0 saturated heterocycles. The number of amides is 2. The first-order valence-electron chi connectivity index (χ1n) is 7.76. The van der Waals surface area contributed by atoms with Crippen molar-refractivity contribution in [2.75, 3.05) is 18.1 Å². The summed E-state index contributed by atoms with van der Waals surface area (Å²) in [6, 6.07) is -0.662. The Bertz CT molecular complexity index is 425. The Labute approximate surface area is 151 Å². The van der Waals surface area contributed by atoms with Crippen molar-refractivity contribution in [3.63, 3.8) is 0 Å². The highest BCUT2D eigenvalue weighted by Gasteiger charge is 2.26. The van der Waals surface area contributed by atoms with E-state index in [0.717, 1.165) is 0 Å². The number of carbonyl (C=O) groups excluding carboxylic acids is 2. The highest BCUT2D eigenvalue weighted by atomic mass is 33.1. The normalized spacial score (nSPS) is 12.6. The maximum Gasteiger partial charge on any atom is 0.408 e. The standard InChI is InChI=1S/C15H28N2O5S2/c1-10(2)12(17-14(21)22-15(3,4)5)13(20)16-7-9-24-23-8-6-11(18)19/h10,12H,6-9H2,1-5H3,(H,16,20)(H,17,21)(H,18,19). The van der Waals surface area contributed by atoms with Crippen molar-refractivity contribution in [2.45, 2.75) is 52.7 Å². The van der Waals surface area contributed by atoms with Gasteiger partial charge < -0.3 is 20.5 Å². The number of carboxylic acids is 1. The van der Waals surface area contributed by atoms with Crippen molar-refractivity contribution in [1.29, 1.82) is 0 Å². The van der Waals surface area contributed by atoms with Crippen LogP contribution in [0.15, 0.2) is 0 Å². The molecule has 0 heterocycles. The number of aliphatic carboxylic acids is 1. The van der Waals surface area contributed by atoms with Gasteiger partial charge >= 0.3 is 12.1 Å². The minimum absolute atomic E-state index is 0.0740. The highest BCUT2D eigenvalue weighted by Crippen LogP contribution is 2.21. The van der Waals surface area contributed by atoms with Crippen molar-refractivity contribution in [3.05, 3.63) is 0 Å². The maximum absolute atomic E-state index is 12.2. The van der Waals surface area contributed by atoms with Gasteiger partial charge in [0.15, 0.2) is 0 Å². The quantitative estimate of drug-likeness (QED) is 0.395. The highest BCUT2D eigenvalue weighted by molar-refractivity contribution is 8.76. The molecule has 2 amide bonds. The van der Waals surface area contributed by atoms with E-state index in [1.807, 2.05) is 13.8 Å². The Balaban J connectivity index is 4.13. The minimum Gasteiger partial charge on any atom is -0.481 e. The largest absolute Gasteiger partial charge is 0.481 e. The molecule has 0 saturated carbocycles. The minimum atomic E-state index is -0.815. The summed E-state index contributed by atoms with van der Waals surface area (Å²) in [6.07, 6.45) is -0.492. The van der Waals surface area contributed by atoms with Crippen LogP contribution < -0.4 is 10.6 Å². The van der Waals surface area contributed by atoms with Gasteiger partial charge in [0, 0.05) is 18.1 Å². The molecule has 0 aliphatic heterocycles. The van der Waals surface area contributed by atoms with E-state index < -0.39 is 23.7 Å². The Kier molecular flexibility index (Phi) is 10.9. The van der Waals surface area contributed by atoms with Crippen molar-refractivity contribution < 1.29 is 24.2 Å². The second-order valence-corrected chi connectivity index (χ2v) is 9.15. The number of alkyl carbamates (subject to hydrolysis) is 1. The summed E-state index contributed by atoms with van der Waals surface area (Å²) in [5, 5.41) is 13.9. The molecule has 0 aliphatic rings. The van der Waals surface area contributed by atoms with Crippen LogP contribution in [0.3, 0.4) is 0 Å². The van der Waals surface area contributed by atoms with E-state index in [-0.39, 0.29) is 18.2 Å². The van der Waals surface area contributed by atoms with Crippen LogP contribution in [-0.4, -0.2) is 52.8 Å². The molecule has 3 N–H and O–H groups in total. The molecule has 0 aromatic heterocycles. The zero-order valence-electron chi connectivity index (χ0n) is 14.9. The third kappa shape index (κ3) is 12.3. The smallest absolute Gasteiger partial charge is 0.408 e. The second-order valence-electron chi connectivity index (χ2n) is 6.45. The summed E-state index contributed by atoms with van der Waals surface area (Å²) in [5.74, 6) is 0.0438. The number of hydrogen-bond donors (Lipinski definition) is 3. The first-order valence-corrected chi connectivity index (χ1v) is 10.2. The molecule has 9 heteroatoms. The summed E-state index contributed by atoms with van der Waals surface area (Å²) < 4.78 is 5.17. The van der Waals surface area contributed by atoms with Crippen LogP contribution in [0.4, 0.5) is 4.79 Å². The monoisotopic (exact) mass is 380 g/mol. The van der Waals surface area contributed by atoms with Crippen molar-refractivity contribution >= 4 is 39.6 Å². The third-order valence-electron chi connectivity index (χ3n) is 2.59. The maximum atomic E-state index is 12.2. The molecule has 1 unspecified atom stereocenters. The lowest BCUT2D eigenvalue weighted by molar-refractivity contribution is -0.136. The van der Waals surface area contributed by atoms with Gasteiger partial charge in [0.1, 0.15) is 11.6 Å². The van der Waals surface area contributed by atoms with Crippen LogP contribution in [0.2, 0.25) is 0 Å². The SMILES string of the molecule is CC(C)C(NC(=O)OC(C)(C)C)C(=O)NCCSSCCC(=O)O. The van der Waals surface area contributed by atoms with Gasteiger partial charge in [-0.15, -0.1) is 0 Å². The van der Waals surface area contributed by atoms with Gasteiger partial charge in [-0.3, -0.25) is 9.59 Å². The van der Waals surface area contributed by atoms with Crippen LogP contribution in [0.5, 0.6) is 0 Å². The van der Waals surface area contributed by atoms with Gasteiger partial charge in [-0.2, -0.15) is 0 Å². The van der Waals surface area contributed by atoms with Crippen molar-refractivity contribution in [3.8, 4) is 0 Å². The Morgan fingerprint density at radius 2 is 1.71 bits per heavy atom. The van der Waals surface area contributed by atoms with Crippen LogP contribution in [0.25, 0.3) is 0 Å². The number of rotatable bonds is 10. The summed E-state index contributed by atoms with van der Waals surface area (Å²) in [4.78, 5) is 34.4. The molecule has 0 fully saturated rings. The topological polar surface area (TPSA) is 105 Å². The van der Waals surface area contributed by atoms with Crippen LogP contribution in [0.1, 0.15) is 41.0 Å². The molecule has 0 bridgehead atoms. The predicted molar refractivity (Wildman–Crippen MR) is 98.2 cm³/mol. The van der Waals surface area contributed by atoms with Crippen LogP contribution >= 0.6 is 21.6 Å². The van der Waals surface area contributed by atoms with Crippen molar-refractivity contribution in [1.82, 2.24) is 10.6 Å². The zero-order valence-corrected chi connectivity index (χ0v) is 16.5. The molecule has 0 aromatic rings. The van der Waals surface area contributed by atoms with E-state index in [1.54, 1.807) is 20.8 Å². The number of ether oxygens (including phenoxy) is 1. The summed E-state index contributed by atoms with van der Waals surface area (Å²) in [5.41, 5.74) is -0.619. The zero-order chi connectivity index (χ0) is 18.8. The lowest BCUT2D eigenvalue weighted by atomic mass is 10.0. The van der Waals surface area contributed by atoms with E-state index in [0.29, 0.717) is 18.1 Å². The predicted octanol–water partition coefficient (Wildman–Crippen LogP) is 2.51. The van der Waals surface area contributed by atoms with E-state index in [9.17, 15) is 14.4 Å². The van der Waals surface area contributed by atoms with E-state index in [2.05, 4.69) is 10.6 Å². The fourth-order valence-corrected chi connectivity index (χ4v) is 3.43. The molecule has 7 nitrogen and oxygen atoms in total. The lowest BCUT2D eigenvalue weighted by Gasteiger charge is -2.25. The first-order chi connectivity index (χ1) is 11.0. The molecule has 0 spiro atoms. The molecule has 0 aromatic carbocycles. The Morgan fingerprint density at radius 1 is 1.12 bits per heavy atom. The molecule has 0 radical (unpaired) electrons. The third-order valence-corrected chi connectivity index (χ3v) is 5.00. The van der Waals surface area contributed by atoms with E-state index in [4.69, 9.17) is 9.84 Å². The average molecular weight is 381 g/mol. The average Bonchev–Trinajstić information content (AvgIpc) is 2.40. The number of carboxylic acid groups (broad SMARTS) is 1. The van der Waals surface area contributed by atoms with Crippen LogP contribution in [-0.2, 0) is 14.3 Å². The van der Waals surface area contributed by atoms with E-state index >= 15 is 0 Å². The van der Waals surface area contributed by atoms with Gasteiger partial charge in [-0.05, 0) is 26.7 Å². The second kappa shape index (κ2) is 11.5.